The van der Waals surface area contributed by atoms with Gasteiger partial charge in [0, 0.05) is 30.8 Å². The van der Waals surface area contributed by atoms with E-state index < -0.39 is 11.6 Å². The predicted octanol–water partition coefficient (Wildman–Crippen LogP) is 3.29. The summed E-state index contributed by atoms with van der Waals surface area (Å²) in [6, 6.07) is 11.6. The van der Waals surface area contributed by atoms with Crippen LogP contribution in [0.25, 0.3) is 11.0 Å². The Hall–Kier alpha value is -2.47. The van der Waals surface area contributed by atoms with Crippen LogP contribution in [0.3, 0.4) is 0 Å². The van der Waals surface area contributed by atoms with E-state index in [2.05, 4.69) is 4.90 Å². The van der Waals surface area contributed by atoms with Gasteiger partial charge in [-0.05, 0) is 31.0 Å². The molecule has 6 heteroatoms. The van der Waals surface area contributed by atoms with Crippen LogP contribution >= 0.6 is 0 Å². The lowest BCUT2D eigenvalue weighted by Gasteiger charge is -2.32. The third-order valence-electron chi connectivity index (χ3n) is 4.72. The molecule has 2 aromatic carbocycles. The highest BCUT2D eigenvalue weighted by Gasteiger charge is 2.23. The number of rotatable bonds is 3. The lowest BCUT2D eigenvalue weighted by Crippen LogP contribution is -2.44. The topological polar surface area (TPSA) is 47.1 Å². The minimum atomic E-state index is -0.570. The van der Waals surface area contributed by atoms with Crippen LogP contribution in [0.15, 0.2) is 42.5 Å². The predicted molar refractivity (Wildman–Crippen MR) is 94.6 cm³/mol. The number of para-hydroxylation sites is 2. The molecule has 1 fully saturated rings. The molecular weight excluding hydrogens is 322 g/mol. The molecule has 0 spiro atoms. The number of nitrogens with two attached hydrogens (primary N) is 1. The van der Waals surface area contributed by atoms with Gasteiger partial charge < -0.3 is 15.2 Å². The van der Waals surface area contributed by atoms with E-state index in [1.165, 1.54) is 12.1 Å². The maximum Gasteiger partial charge on any atom is 0.206 e. The van der Waals surface area contributed by atoms with Gasteiger partial charge in [-0.1, -0.05) is 18.2 Å². The summed E-state index contributed by atoms with van der Waals surface area (Å²) in [6.07, 6.45) is 2.01. The number of piperidine rings is 1. The zero-order valence-corrected chi connectivity index (χ0v) is 13.8. The SMILES string of the molecule is NC1CCCN(c2nc3ccccc3n2Cc2ccc(F)cc2F)C1. The van der Waals surface area contributed by atoms with Crippen molar-refractivity contribution in [1.29, 1.82) is 0 Å². The number of hydrogen-bond acceptors (Lipinski definition) is 3. The minimum Gasteiger partial charge on any atom is -0.341 e. The third kappa shape index (κ3) is 3.09. The summed E-state index contributed by atoms with van der Waals surface area (Å²) in [6.45, 7) is 1.91. The second-order valence-corrected chi connectivity index (χ2v) is 6.57. The van der Waals surface area contributed by atoms with Gasteiger partial charge in [0.05, 0.1) is 17.6 Å². The molecule has 0 bridgehead atoms. The smallest absolute Gasteiger partial charge is 0.206 e. The van der Waals surface area contributed by atoms with Crippen LogP contribution in [-0.4, -0.2) is 28.7 Å². The van der Waals surface area contributed by atoms with Crippen LogP contribution in [0.2, 0.25) is 0 Å². The molecule has 1 saturated heterocycles. The van der Waals surface area contributed by atoms with Gasteiger partial charge in [0.15, 0.2) is 0 Å². The Morgan fingerprint density at radius 1 is 1.16 bits per heavy atom. The molecule has 3 aromatic rings. The van der Waals surface area contributed by atoms with Gasteiger partial charge in [0.2, 0.25) is 5.95 Å². The van der Waals surface area contributed by atoms with E-state index in [9.17, 15) is 8.78 Å². The molecule has 1 unspecified atom stereocenters. The molecule has 2 N–H and O–H groups in total. The van der Waals surface area contributed by atoms with Gasteiger partial charge in [-0.3, -0.25) is 0 Å². The van der Waals surface area contributed by atoms with Gasteiger partial charge in [0.1, 0.15) is 11.6 Å². The molecule has 1 aliphatic rings. The third-order valence-corrected chi connectivity index (χ3v) is 4.72. The summed E-state index contributed by atoms with van der Waals surface area (Å²) in [7, 11) is 0. The van der Waals surface area contributed by atoms with Crippen LogP contribution in [0.5, 0.6) is 0 Å². The Morgan fingerprint density at radius 3 is 2.80 bits per heavy atom. The summed E-state index contributed by atoms with van der Waals surface area (Å²) in [5, 5.41) is 0. The average molecular weight is 342 g/mol. The highest BCUT2D eigenvalue weighted by atomic mass is 19.1. The molecule has 1 atom stereocenters. The first-order valence-electron chi connectivity index (χ1n) is 8.51. The van der Waals surface area contributed by atoms with E-state index >= 15 is 0 Å². The van der Waals surface area contributed by atoms with Crippen LogP contribution in [0, 0.1) is 11.6 Å². The molecule has 0 aliphatic carbocycles. The maximum atomic E-state index is 14.2. The van der Waals surface area contributed by atoms with Gasteiger partial charge >= 0.3 is 0 Å². The van der Waals surface area contributed by atoms with Crippen LogP contribution < -0.4 is 10.6 Å². The fourth-order valence-electron chi connectivity index (χ4n) is 3.47. The molecule has 1 aromatic heterocycles. The molecular formula is C19H20F2N4. The lowest BCUT2D eigenvalue weighted by molar-refractivity contribution is 0.494. The summed E-state index contributed by atoms with van der Waals surface area (Å²) in [5.41, 5.74) is 8.35. The van der Waals surface area contributed by atoms with Crippen molar-refractivity contribution in [2.45, 2.75) is 25.4 Å². The van der Waals surface area contributed by atoms with Crippen molar-refractivity contribution in [3.8, 4) is 0 Å². The molecule has 130 valence electrons. The second kappa shape index (κ2) is 6.44. The van der Waals surface area contributed by atoms with Crippen molar-refractivity contribution >= 4 is 17.0 Å². The normalized spacial score (nSPS) is 18.0. The largest absolute Gasteiger partial charge is 0.341 e. The quantitative estimate of drug-likeness (QED) is 0.794. The molecule has 0 saturated carbocycles. The minimum absolute atomic E-state index is 0.115. The zero-order valence-electron chi connectivity index (χ0n) is 13.8. The van der Waals surface area contributed by atoms with Crippen molar-refractivity contribution in [3.63, 3.8) is 0 Å². The van der Waals surface area contributed by atoms with Gasteiger partial charge in [-0.15, -0.1) is 0 Å². The Labute approximate surface area is 144 Å². The van der Waals surface area contributed by atoms with E-state index in [4.69, 9.17) is 10.7 Å². The molecule has 0 radical (unpaired) electrons. The summed E-state index contributed by atoms with van der Waals surface area (Å²) < 4.78 is 29.4. The molecule has 2 heterocycles. The molecule has 4 nitrogen and oxygen atoms in total. The standard InChI is InChI=1S/C19H20F2N4/c20-14-8-7-13(16(21)10-14)11-25-18-6-2-1-5-17(18)23-19(25)24-9-3-4-15(22)12-24/h1-2,5-8,10,15H,3-4,9,11-12,22H2. The molecule has 4 rings (SSSR count). The van der Waals surface area contributed by atoms with Crippen molar-refractivity contribution in [1.82, 2.24) is 9.55 Å². The van der Waals surface area contributed by atoms with E-state index in [0.717, 1.165) is 49.0 Å². The first-order chi connectivity index (χ1) is 12.1. The Morgan fingerprint density at radius 2 is 2.00 bits per heavy atom. The fraction of sp³-hybridized carbons (Fsp3) is 0.316. The Bertz CT molecular complexity index is 906. The number of nitrogens with zero attached hydrogens (tertiary/aromatic N) is 3. The second-order valence-electron chi connectivity index (χ2n) is 6.57. The number of fused-ring (bicyclic) bond motifs is 1. The molecule has 0 amide bonds. The van der Waals surface area contributed by atoms with Crippen molar-refractivity contribution < 1.29 is 8.78 Å². The van der Waals surface area contributed by atoms with Crippen LogP contribution in [-0.2, 0) is 6.54 Å². The van der Waals surface area contributed by atoms with Gasteiger partial charge in [0.25, 0.3) is 0 Å². The monoisotopic (exact) mass is 342 g/mol. The van der Waals surface area contributed by atoms with Gasteiger partial charge in [-0.25, -0.2) is 13.8 Å². The van der Waals surface area contributed by atoms with Gasteiger partial charge in [-0.2, -0.15) is 0 Å². The van der Waals surface area contributed by atoms with Crippen molar-refractivity contribution in [2.75, 3.05) is 18.0 Å². The number of benzene rings is 2. The Balaban J connectivity index is 1.79. The number of halogens is 2. The molecule has 1 aliphatic heterocycles. The van der Waals surface area contributed by atoms with E-state index in [0.29, 0.717) is 12.1 Å². The number of aromatic nitrogens is 2. The first-order valence-corrected chi connectivity index (χ1v) is 8.51. The maximum absolute atomic E-state index is 14.2. The van der Waals surface area contributed by atoms with E-state index in [-0.39, 0.29) is 6.04 Å². The lowest BCUT2D eigenvalue weighted by atomic mass is 10.1. The average Bonchev–Trinajstić information content (AvgIpc) is 2.96. The summed E-state index contributed by atoms with van der Waals surface area (Å²) in [5.74, 6) is -0.321. The number of hydrogen-bond donors (Lipinski definition) is 1. The van der Waals surface area contributed by atoms with E-state index in [1.54, 1.807) is 0 Å². The highest BCUT2D eigenvalue weighted by Crippen LogP contribution is 2.26. The summed E-state index contributed by atoms with van der Waals surface area (Å²) in [4.78, 5) is 6.91. The van der Waals surface area contributed by atoms with Crippen molar-refractivity contribution in [2.24, 2.45) is 5.73 Å². The fourth-order valence-corrected chi connectivity index (χ4v) is 3.47. The van der Waals surface area contributed by atoms with Crippen LogP contribution in [0.4, 0.5) is 14.7 Å². The van der Waals surface area contributed by atoms with Crippen LogP contribution in [0.1, 0.15) is 18.4 Å². The number of imidazole rings is 1. The highest BCUT2D eigenvalue weighted by molar-refractivity contribution is 5.79. The van der Waals surface area contributed by atoms with E-state index in [1.807, 2.05) is 28.8 Å². The Kier molecular flexibility index (Phi) is 4.13. The zero-order chi connectivity index (χ0) is 17.4. The first kappa shape index (κ1) is 16.0. The van der Waals surface area contributed by atoms with Crippen molar-refractivity contribution in [3.05, 3.63) is 59.7 Å². The number of anilines is 1. The molecule has 25 heavy (non-hydrogen) atoms. The summed E-state index contributed by atoms with van der Waals surface area (Å²) >= 11 is 0.